The predicted octanol–water partition coefficient (Wildman–Crippen LogP) is 5.01. The molecule has 2 N–H and O–H groups in total. The first kappa shape index (κ1) is 11.0. The van der Waals surface area contributed by atoms with Gasteiger partial charge < -0.3 is 10.0 Å². The van der Waals surface area contributed by atoms with Gasteiger partial charge in [-0.3, -0.25) is 0 Å². The molecule has 0 aliphatic carbocycles. The van der Waals surface area contributed by atoms with Gasteiger partial charge in [0.2, 0.25) is 0 Å². The van der Waals surface area contributed by atoms with E-state index in [2.05, 4.69) is 0 Å². The Balaban J connectivity index is 2.20. The lowest BCUT2D eigenvalue weighted by Crippen LogP contribution is -2.31. The Hall–Kier alpha value is -3.40. The molecule has 3 heteroatoms. The summed E-state index contributed by atoms with van der Waals surface area (Å²) in [5.74, 6) is 0. The molecule has 5 rings (SSSR count). The maximum Gasteiger partial charge on any atom is 0.489 e. The van der Waals surface area contributed by atoms with Crippen molar-refractivity contribution in [3.05, 3.63) is 103 Å². The monoisotopic (exact) mass is 382 g/mol. The first-order chi connectivity index (χ1) is 17.6. The molecule has 0 saturated carbocycles. The highest BCUT2D eigenvalue weighted by molar-refractivity contribution is 6.66. The Morgan fingerprint density at radius 3 is 1.62 bits per heavy atom. The van der Waals surface area contributed by atoms with Crippen LogP contribution in [0.5, 0.6) is 0 Å². The normalized spacial score (nSPS) is 15.0. The highest BCUT2D eigenvalue weighted by Gasteiger charge is 2.23. The largest absolute Gasteiger partial charge is 0.489 e. The van der Waals surface area contributed by atoms with Crippen LogP contribution >= 0.6 is 0 Å². The van der Waals surface area contributed by atoms with E-state index in [1.165, 1.54) is 0 Å². The van der Waals surface area contributed by atoms with Gasteiger partial charge in [0.05, 0.1) is 11.0 Å². The number of fused-ring (bicyclic) bond motifs is 2. The third-order valence-electron chi connectivity index (χ3n) is 4.95. The van der Waals surface area contributed by atoms with Crippen molar-refractivity contribution < 1.29 is 21.0 Å². The van der Waals surface area contributed by atoms with Crippen molar-refractivity contribution in [3.8, 4) is 22.3 Å². The van der Waals surface area contributed by atoms with Gasteiger partial charge in [0.15, 0.2) is 0 Å². The van der Waals surface area contributed by atoms with Crippen LogP contribution in [-0.4, -0.2) is 17.2 Å². The van der Waals surface area contributed by atoms with Crippen molar-refractivity contribution in [2.24, 2.45) is 0 Å². The summed E-state index contributed by atoms with van der Waals surface area (Å²) in [6.07, 6.45) is 0. The molecule has 0 atom stereocenters. The van der Waals surface area contributed by atoms with Gasteiger partial charge >= 0.3 is 7.12 Å². The second-order valence-corrected chi connectivity index (χ2v) is 6.57. The van der Waals surface area contributed by atoms with Crippen molar-refractivity contribution in [1.82, 2.24) is 0 Å². The van der Waals surface area contributed by atoms with Crippen LogP contribution in [0.3, 0.4) is 0 Å². The summed E-state index contributed by atoms with van der Waals surface area (Å²) in [5.41, 5.74) is 1.69. The first-order valence-electron chi connectivity index (χ1n) is 13.0. The van der Waals surface area contributed by atoms with E-state index in [9.17, 15) is 10.0 Å². The molecule has 0 aliphatic rings. The third kappa shape index (κ3) is 2.92. The number of hydrogen-bond acceptors (Lipinski definition) is 2. The Labute approximate surface area is 181 Å². The van der Waals surface area contributed by atoms with Gasteiger partial charge in [-0.05, 0) is 49.3 Å². The molecule has 0 radical (unpaired) electrons. The van der Waals surface area contributed by atoms with Gasteiger partial charge in [-0.15, -0.1) is 0 Å². The van der Waals surface area contributed by atoms with Crippen molar-refractivity contribution in [3.63, 3.8) is 0 Å². The molecular formula is C26H19BO2. The van der Waals surface area contributed by atoms with Crippen LogP contribution in [0.2, 0.25) is 0 Å². The van der Waals surface area contributed by atoms with E-state index in [1.807, 2.05) is 36.4 Å². The average Bonchev–Trinajstić information content (AvgIpc) is 2.91. The highest BCUT2D eigenvalue weighted by Crippen LogP contribution is 2.40. The van der Waals surface area contributed by atoms with Gasteiger partial charge in [0, 0.05) is 0 Å². The lowest BCUT2D eigenvalue weighted by Gasteiger charge is -2.19. The Bertz CT molecular complexity index is 1660. The summed E-state index contributed by atoms with van der Waals surface area (Å²) in [4.78, 5) is 0. The first-order valence-corrected chi connectivity index (χ1v) is 9.04. The second-order valence-electron chi connectivity index (χ2n) is 6.57. The lowest BCUT2D eigenvalue weighted by atomic mass is 9.72. The molecule has 0 unspecified atom stereocenters. The molecule has 0 fully saturated rings. The van der Waals surface area contributed by atoms with Gasteiger partial charge in [-0.1, -0.05) is 103 Å². The van der Waals surface area contributed by atoms with Crippen LogP contribution < -0.4 is 5.46 Å². The quantitative estimate of drug-likeness (QED) is 0.340. The minimum absolute atomic E-state index is 0.0602. The molecule has 0 aliphatic heterocycles. The van der Waals surface area contributed by atoms with E-state index in [1.54, 1.807) is 18.2 Å². The van der Waals surface area contributed by atoms with Crippen molar-refractivity contribution in [1.29, 1.82) is 0 Å². The Kier molecular flexibility index (Phi) is 2.73. The summed E-state index contributed by atoms with van der Waals surface area (Å²) < 4.78 is 67.9. The van der Waals surface area contributed by atoms with Crippen molar-refractivity contribution in [2.45, 2.75) is 0 Å². The van der Waals surface area contributed by atoms with E-state index >= 15 is 0 Å². The molecule has 0 aromatic heterocycles. The van der Waals surface area contributed by atoms with Gasteiger partial charge in [-0.25, -0.2) is 0 Å². The number of hydrogen-bond donors (Lipinski definition) is 2. The van der Waals surface area contributed by atoms with E-state index < -0.39 is 60.9 Å². The molecule has 138 valence electrons. The molecule has 0 saturated heterocycles. The molecule has 0 heterocycles. The summed E-state index contributed by atoms with van der Waals surface area (Å²) >= 11 is 0. The molecular weight excluding hydrogens is 355 g/mol. The van der Waals surface area contributed by atoms with Crippen LogP contribution in [0, 0.1) is 0 Å². The van der Waals surface area contributed by atoms with Crippen LogP contribution in [0.15, 0.2) is 103 Å². The minimum Gasteiger partial charge on any atom is -0.423 e. The topological polar surface area (TPSA) is 40.5 Å². The molecule has 29 heavy (non-hydrogen) atoms. The fourth-order valence-electron chi connectivity index (χ4n) is 3.75. The van der Waals surface area contributed by atoms with Gasteiger partial charge in [-0.2, -0.15) is 0 Å². The smallest absolute Gasteiger partial charge is 0.423 e. The SMILES string of the molecule is [2H]c1c([2H])c([2H])c2c(-c3ccccc3-c3ccccc3)c3c([2H])c([2H])c([2H])c([2H])c3c(B(O)O)c2c1[2H]. The van der Waals surface area contributed by atoms with Crippen LogP contribution in [0.4, 0.5) is 0 Å². The van der Waals surface area contributed by atoms with E-state index in [-0.39, 0.29) is 27.1 Å². The van der Waals surface area contributed by atoms with Crippen molar-refractivity contribution >= 4 is 34.1 Å². The van der Waals surface area contributed by atoms with Crippen LogP contribution in [0.1, 0.15) is 11.0 Å². The second kappa shape index (κ2) is 7.21. The molecule has 0 amide bonds. The molecule has 0 spiro atoms. The van der Waals surface area contributed by atoms with Crippen LogP contribution in [-0.2, 0) is 0 Å². The number of benzene rings is 5. The van der Waals surface area contributed by atoms with E-state index in [0.717, 1.165) is 5.56 Å². The van der Waals surface area contributed by atoms with E-state index in [4.69, 9.17) is 11.0 Å². The molecule has 2 nitrogen and oxygen atoms in total. The summed E-state index contributed by atoms with van der Waals surface area (Å²) in [6.45, 7) is 0. The zero-order valence-corrected chi connectivity index (χ0v) is 15.2. The fraction of sp³-hybridized carbons (Fsp3) is 0. The molecule has 5 aromatic carbocycles. The van der Waals surface area contributed by atoms with E-state index in [0.29, 0.717) is 11.1 Å². The maximum atomic E-state index is 10.4. The van der Waals surface area contributed by atoms with Gasteiger partial charge in [0.1, 0.15) is 0 Å². The average molecular weight is 382 g/mol. The summed E-state index contributed by atoms with van der Waals surface area (Å²) in [7, 11) is -2.28. The maximum absolute atomic E-state index is 10.4. The Morgan fingerprint density at radius 1 is 0.586 bits per heavy atom. The zero-order valence-electron chi connectivity index (χ0n) is 23.2. The standard InChI is InChI=1S/C26H19BO2/c28-27(29)26-23-16-8-6-14-21(23)25(22-15-7-9-17-24(22)26)20-13-5-4-12-19(20)18-10-2-1-3-11-18/h1-17,28-29H/i6D,7D,8D,9D,14D,15D,16D,17D. The predicted molar refractivity (Wildman–Crippen MR) is 122 cm³/mol. The fourth-order valence-corrected chi connectivity index (χ4v) is 3.75. The van der Waals surface area contributed by atoms with Gasteiger partial charge in [0.25, 0.3) is 0 Å². The molecule has 5 aromatic rings. The van der Waals surface area contributed by atoms with Crippen LogP contribution in [0.25, 0.3) is 43.8 Å². The highest BCUT2D eigenvalue weighted by atomic mass is 16.4. The van der Waals surface area contributed by atoms with Crippen molar-refractivity contribution in [2.75, 3.05) is 0 Å². The minimum atomic E-state index is -2.28. The summed E-state index contributed by atoms with van der Waals surface area (Å²) in [5, 5.41) is 20.3. The summed E-state index contributed by atoms with van der Waals surface area (Å²) in [6, 6.07) is 12.0. The lowest BCUT2D eigenvalue weighted by molar-refractivity contribution is 0.426. The Morgan fingerprint density at radius 2 is 1.07 bits per heavy atom. The molecule has 0 bridgehead atoms. The third-order valence-corrected chi connectivity index (χ3v) is 4.95. The number of rotatable bonds is 3. The zero-order chi connectivity index (χ0) is 26.8.